The number of nitrogens with zero attached hydrogens (tertiary/aromatic N) is 2. The molecule has 0 aliphatic carbocycles. The third kappa shape index (κ3) is 6.27. The van der Waals surface area contributed by atoms with Crippen LogP contribution in [0, 0.1) is 0 Å². The zero-order chi connectivity index (χ0) is 13.1. The maximum atomic E-state index is 8.62. The normalized spacial score (nSPS) is 11.7. The third-order valence-electron chi connectivity index (χ3n) is 2.31. The molecule has 0 aliphatic rings. The highest BCUT2D eigenvalue weighted by molar-refractivity contribution is 5.84. The zero-order valence-electron chi connectivity index (χ0n) is 10.5. The van der Waals surface area contributed by atoms with Gasteiger partial charge in [0.15, 0.2) is 0 Å². The molecule has 0 bridgehead atoms. The van der Waals surface area contributed by atoms with E-state index in [1.807, 2.05) is 36.7 Å². The van der Waals surface area contributed by atoms with Gasteiger partial charge in [-0.2, -0.15) is 0 Å². The Kier molecular flexibility index (Phi) is 7.68. The molecular weight excluding hydrogens is 228 g/mol. The second kappa shape index (κ2) is 9.50. The lowest BCUT2D eigenvalue weighted by Gasteiger charge is -1.96. The maximum Gasteiger partial charge on any atom is 0.0448 e. The van der Waals surface area contributed by atoms with Crippen molar-refractivity contribution in [1.82, 2.24) is 0 Å². The molecule has 4 heteroatoms. The van der Waals surface area contributed by atoms with Gasteiger partial charge >= 0.3 is 0 Å². The van der Waals surface area contributed by atoms with Crippen LogP contribution in [0.5, 0.6) is 0 Å². The number of aliphatic hydroxyl groups excluding tert-OH is 2. The molecule has 0 saturated heterocycles. The van der Waals surface area contributed by atoms with Gasteiger partial charge in [-0.1, -0.05) is 24.3 Å². The Bertz CT molecular complexity index is 335. The van der Waals surface area contributed by atoms with Crippen LogP contribution in [0.3, 0.4) is 0 Å². The second-order valence-corrected chi connectivity index (χ2v) is 3.89. The number of hydrogen-bond donors (Lipinski definition) is 2. The minimum Gasteiger partial charge on any atom is -0.396 e. The third-order valence-corrected chi connectivity index (χ3v) is 2.31. The first-order valence-electron chi connectivity index (χ1n) is 6.18. The molecule has 4 nitrogen and oxygen atoms in total. The van der Waals surface area contributed by atoms with Crippen LogP contribution in [0.1, 0.15) is 24.0 Å². The predicted molar refractivity (Wildman–Crippen MR) is 74.8 cm³/mol. The van der Waals surface area contributed by atoms with Crippen molar-refractivity contribution in [2.24, 2.45) is 9.98 Å². The van der Waals surface area contributed by atoms with Gasteiger partial charge in [0.25, 0.3) is 0 Å². The Morgan fingerprint density at radius 1 is 0.778 bits per heavy atom. The number of aliphatic imine (C=N–C) groups is 2. The maximum absolute atomic E-state index is 8.62. The number of benzene rings is 1. The lowest BCUT2D eigenvalue weighted by atomic mass is 10.1. The molecule has 2 N–H and O–H groups in total. The van der Waals surface area contributed by atoms with Gasteiger partial charge in [-0.3, -0.25) is 9.98 Å². The zero-order valence-corrected chi connectivity index (χ0v) is 10.5. The molecule has 0 aromatic heterocycles. The molecule has 0 aliphatic heterocycles. The smallest absolute Gasteiger partial charge is 0.0448 e. The van der Waals surface area contributed by atoms with Crippen LogP contribution in [0.2, 0.25) is 0 Å². The summed E-state index contributed by atoms with van der Waals surface area (Å²) in [5.41, 5.74) is 2.08. The minimum atomic E-state index is 0.181. The molecule has 98 valence electrons. The molecule has 1 aromatic rings. The first-order chi connectivity index (χ1) is 8.86. The van der Waals surface area contributed by atoms with E-state index < -0.39 is 0 Å². The Hall–Kier alpha value is -1.52. The summed E-state index contributed by atoms with van der Waals surface area (Å²) < 4.78 is 0. The predicted octanol–water partition coefficient (Wildman–Crippen LogP) is 1.29. The molecule has 0 saturated carbocycles. The molecular formula is C14H20N2O2. The molecule has 0 fully saturated rings. The van der Waals surface area contributed by atoms with Gasteiger partial charge in [0.2, 0.25) is 0 Å². The van der Waals surface area contributed by atoms with Crippen molar-refractivity contribution in [2.45, 2.75) is 12.8 Å². The first-order valence-corrected chi connectivity index (χ1v) is 6.18. The van der Waals surface area contributed by atoms with Gasteiger partial charge in [-0.05, 0) is 24.0 Å². The summed E-state index contributed by atoms with van der Waals surface area (Å²) in [6.07, 6.45) is 5.02. The molecule has 0 atom stereocenters. The van der Waals surface area contributed by atoms with E-state index in [1.54, 1.807) is 0 Å². The topological polar surface area (TPSA) is 65.2 Å². The Morgan fingerprint density at radius 2 is 1.17 bits per heavy atom. The minimum absolute atomic E-state index is 0.181. The lowest BCUT2D eigenvalue weighted by molar-refractivity contribution is 0.291. The van der Waals surface area contributed by atoms with Crippen LogP contribution in [0.25, 0.3) is 0 Å². The first kappa shape index (κ1) is 14.5. The number of rotatable bonds is 8. The van der Waals surface area contributed by atoms with Crippen molar-refractivity contribution >= 4 is 12.4 Å². The fourth-order valence-corrected chi connectivity index (χ4v) is 1.33. The van der Waals surface area contributed by atoms with Gasteiger partial charge in [-0.25, -0.2) is 0 Å². The van der Waals surface area contributed by atoms with Gasteiger partial charge in [0.05, 0.1) is 0 Å². The average Bonchev–Trinajstić information content (AvgIpc) is 2.41. The van der Waals surface area contributed by atoms with E-state index in [4.69, 9.17) is 10.2 Å². The molecule has 0 amide bonds. The van der Waals surface area contributed by atoms with Crippen molar-refractivity contribution in [3.05, 3.63) is 35.4 Å². The summed E-state index contributed by atoms with van der Waals surface area (Å²) in [6, 6.07) is 7.93. The highest BCUT2D eigenvalue weighted by Crippen LogP contribution is 2.00. The molecule has 0 radical (unpaired) electrons. The number of aliphatic hydroxyl groups is 2. The summed E-state index contributed by atoms with van der Waals surface area (Å²) in [5.74, 6) is 0. The standard InChI is InChI=1S/C14H20N2O2/c17-9-1-7-15-11-13-3-5-14(6-4-13)12-16-8-2-10-18/h3-6,11-12,17-18H,1-2,7-10H2. The second-order valence-electron chi connectivity index (χ2n) is 3.89. The number of hydrogen-bond acceptors (Lipinski definition) is 4. The summed E-state index contributed by atoms with van der Waals surface area (Å²) in [6.45, 7) is 1.67. The van der Waals surface area contributed by atoms with Crippen molar-refractivity contribution in [1.29, 1.82) is 0 Å². The molecule has 0 unspecified atom stereocenters. The van der Waals surface area contributed by atoms with E-state index in [2.05, 4.69) is 9.98 Å². The fourth-order valence-electron chi connectivity index (χ4n) is 1.33. The van der Waals surface area contributed by atoms with Gasteiger partial charge in [0, 0.05) is 38.7 Å². The lowest BCUT2D eigenvalue weighted by Crippen LogP contribution is -1.90. The van der Waals surface area contributed by atoms with E-state index >= 15 is 0 Å². The van der Waals surface area contributed by atoms with Crippen LogP contribution in [-0.2, 0) is 0 Å². The summed E-state index contributed by atoms with van der Waals surface area (Å²) in [4.78, 5) is 8.40. The van der Waals surface area contributed by atoms with Crippen molar-refractivity contribution < 1.29 is 10.2 Å². The van der Waals surface area contributed by atoms with Crippen LogP contribution in [-0.4, -0.2) is 48.9 Å². The van der Waals surface area contributed by atoms with Gasteiger partial charge in [-0.15, -0.1) is 0 Å². The SMILES string of the molecule is OCCCN=Cc1ccc(C=NCCCO)cc1. The molecule has 1 rings (SSSR count). The quantitative estimate of drug-likeness (QED) is 0.538. The fraction of sp³-hybridized carbons (Fsp3) is 0.429. The van der Waals surface area contributed by atoms with Crippen molar-refractivity contribution in [3.8, 4) is 0 Å². The summed E-state index contributed by atoms with van der Waals surface area (Å²) in [7, 11) is 0. The molecule has 0 spiro atoms. The van der Waals surface area contributed by atoms with Crippen LogP contribution in [0.4, 0.5) is 0 Å². The Morgan fingerprint density at radius 3 is 1.50 bits per heavy atom. The van der Waals surface area contributed by atoms with Crippen LogP contribution >= 0.6 is 0 Å². The highest BCUT2D eigenvalue weighted by Gasteiger charge is 1.89. The van der Waals surface area contributed by atoms with E-state index in [1.165, 1.54) is 0 Å². The van der Waals surface area contributed by atoms with Gasteiger partial charge < -0.3 is 10.2 Å². The van der Waals surface area contributed by atoms with E-state index in [-0.39, 0.29) is 13.2 Å². The van der Waals surface area contributed by atoms with Crippen molar-refractivity contribution in [3.63, 3.8) is 0 Å². The Balaban J connectivity index is 2.42. The highest BCUT2D eigenvalue weighted by atomic mass is 16.3. The summed E-state index contributed by atoms with van der Waals surface area (Å²) >= 11 is 0. The van der Waals surface area contributed by atoms with E-state index in [9.17, 15) is 0 Å². The van der Waals surface area contributed by atoms with Crippen molar-refractivity contribution in [2.75, 3.05) is 26.3 Å². The average molecular weight is 248 g/mol. The monoisotopic (exact) mass is 248 g/mol. The van der Waals surface area contributed by atoms with Crippen LogP contribution in [0.15, 0.2) is 34.3 Å². The van der Waals surface area contributed by atoms with Gasteiger partial charge in [0.1, 0.15) is 0 Å². The van der Waals surface area contributed by atoms with E-state index in [0.29, 0.717) is 25.9 Å². The summed E-state index contributed by atoms with van der Waals surface area (Å²) in [5, 5.41) is 17.2. The van der Waals surface area contributed by atoms with Crippen LogP contribution < -0.4 is 0 Å². The molecule has 18 heavy (non-hydrogen) atoms. The molecule has 1 aromatic carbocycles. The Labute approximate surface area is 108 Å². The van der Waals surface area contributed by atoms with E-state index in [0.717, 1.165) is 11.1 Å². The molecule has 0 heterocycles. The largest absolute Gasteiger partial charge is 0.396 e.